The highest BCUT2D eigenvalue weighted by atomic mass is 35.5. The molecule has 148 valence electrons. The van der Waals surface area contributed by atoms with Crippen LogP contribution in [0.3, 0.4) is 0 Å². The highest BCUT2D eigenvalue weighted by molar-refractivity contribution is 6.33. The summed E-state index contributed by atoms with van der Waals surface area (Å²) >= 11 is 6.28. The summed E-state index contributed by atoms with van der Waals surface area (Å²) in [6, 6.07) is 9.45. The lowest BCUT2D eigenvalue weighted by atomic mass is 10.1. The van der Waals surface area contributed by atoms with E-state index in [0.717, 1.165) is 18.5 Å². The minimum Gasteiger partial charge on any atom is -0.424 e. The first-order chi connectivity index (χ1) is 13.5. The Kier molecular flexibility index (Phi) is 5.42. The summed E-state index contributed by atoms with van der Waals surface area (Å²) in [7, 11) is 0. The second-order valence-corrected chi connectivity index (χ2v) is 7.63. The average Bonchev–Trinajstić information content (AvgIpc) is 3.23. The van der Waals surface area contributed by atoms with Crippen molar-refractivity contribution in [2.24, 2.45) is 0 Å². The Morgan fingerprint density at radius 2 is 1.93 bits per heavy atom. The molecule has 1 aromatic carbocycles. The molecule has 0 spiro atoms. The molecule has 1 amide bonds. The fraction of sp³-hybridized carbons (Fsp3) is 0.429. The molecule has 6 nitrogen and oxygen atoms in total. The summed E-state index contributed by atoms with van der Waals surface area (Å²) in [6.07, 6.45) is 1.60. The first-order valence-electron chi connectivity index (χ1n) is 9.59. The molecule has 1 unspecified atom stereocenters. The van der Waals surface area contributed by atoms with Crippen LogP contribution in [0, 0.1) is 6.92 Å². The Balaban J connectivity index is 1.48. The Hall–Kier alpha value is -2.31. The Morgan fingerprint density at radius 3 is 2.57 bits per heavy atom. The molecular formula is C21H23ClN2O4. The largest absolute Gasteiger partial charge is 0.424 e. The van der Waals surface area contributed by atoms with Crippen molar-refractivity contribution < 1.29 is 13.9 Å². The highest BCUT2D eigenvalue weighted by Gasteiger charge is 2.28. The smallest absolute Gasteiger partial charge is 0.349 e. The number of hydrogen-bond donors (Lipinski definition) is 0. The number of aryl methyl sites for hydroxylation is 1. The van der Waals surface area contributed by atoms with Gasteiger partial charge < -0.3 is 19.0 Å². The van der Waals surface area contributed by atoms with Crippen LogP contribution in [-0.4, -0.2) is 43.6 Å². The second kappa shape index (κ2) is 7.97. The molecule has 0 saturated carbocycles. The molecule has 2 saturated heterocycles. The van der Waals surface area contributed by atoms with Crippen LogP contribution < -0.4 is 10.5 Å². The van der Waals surface area contributed by atoms with Gasteiger partial charge in [-0.2, -0.15) is 0 Å². The minimum atomic E-state index is -0.580. The van der Waals surface area contributed by atoms with E-state index in [0.29, 0.717) is 49.1 Å². The van der Waals surface area contributed by atoms with Gasteiger partial charge in [0.15, 0.2) is 0 Å². The van der Waals surface area contributed by atoms with Gasteiger partial charge in [-0.15, -0.1) is 0 Å². The number of amides is 1. The molecule has 1 atom stereocenters. The Morgan fingerprint density at radius 1 is 1.18 bits per heavy atom. The van der Waals surface area contributed by atoms with Gasteiger partial charge >= 0.3 is 5.63 Å². The standard InChI is InChI=1S/C21H23ClN2O4/c1-14-13-18(17-7-4-12-27-17)28-21(26)19(14)20(25)24-10-8-23(9-11-24)16-6-3-2-5-15(16)22/h2-3,5-6,13,17H,4,7-12H2,1H3. The third-order valence-electron chi connectivity index (χ3n) is 5.39. The first kappa shape index (κ1) is 19.0. The Bertz CT molecular complexity index is 928. The minimum absolute atomic E-state index is 0.118. The van der Waals surface area contributed by atoms with Crippen molar-refractivity contribution in [2.75, 3.05) is 37.7 Å². The van der Waals surface area contributed by atoms with Gasteiger partial charge in [0.2, 0.25) is 0 Å². The number of ether oxygens (including phenoxy) is 1. The van der Waals surface area contributed by atoms with Crippen LogP contribution in [0.25, 0.3) is 0 Å². The van der Waals surface area contributed by atoms with Crippen molar-refractivity contribution in [1.82, 2.24) is 4.90 Å². The van der Waals surface area contributed by atoms with Crippen molar-refractivity contribution in [3.8, 4) is 0 Å². The number of nitrogens with zero attached hydrogens (tertiary/aromatic N) is 2. The number of halogens is 1. The predicted molar refractivity (Wildman–Crippen MR) is 107 cm³/mol. The second-order valence-electron chi connectivity index (χ2n) is 7.23. The quantitative estimate of drug-likeness (QED) is 0.787. The number of rotatable bonds is 3. The number of carbonyl (C=O) groups is 1. The van der Waals surface area contributed by atoms with Crippen LogP contribution in [0.4, 0.5) is 5.69 Å². The van der Waals surface area contributed by atoms with E-state index in [2.05, 4.69) is 4.90 Å². The third kappa shape index (κ3) is 3.66. The number of para-hydroxylation sites is 1. The Labute approximate surface area is 168 Å². The maximum Gasteiger partial charge on any atom is 0.349 e. The van der Waals surface area contributed by atoms with Gasteiger partial charge in [0.25, 0.3) is 5.91 Å². The zero-order valence-corrected chi connectivity index (χ0v) is 16.6. The fourth-order valence-electron chi connectivity index (χ4n) is 3.87. The molecular weight excluding hydrogens is 380 g/mol. The van der Waals surface area contributed by atoms with Gasteiger partial charge in [-0.1, -0.05) is 23.7 Å². The fourth-order valence-corrected chi connectivity index (χ4v) is 4.12. The zero-order chi connectivity index (χ0) is 19.7. The first-order valence-corrected chi connectivity index (χ1v) is 9.97. The predicted octanol–water partition coefficient (Wildman–Crippen LogP) is 3.42. The van der Waals surface area contributed by atoms with Gasteiger partial charge in [0.05, 0.1) is 10.7 Å². The average molecular weight is 403 g/mol. The van der Waals surface area contributed by atoms with Crippen LogP contribution in [0.1, 0.15) is 40.6 Å². The van der Waals surface area contributed by atoms with Crippen molar-refractivity contribution >= 4 is 23.2 Å². The molecule has 7 heteroatoms. The molecule has 2 fully saturated rings. The molecule has 0 radical (unpaired) electrons. The van der Waals surface area contributed by atoms with E-state index in [1.807, 2.05) is 24.3 Å². The van der Waals surface area contributed by atoms with Crippen molar-refractivity contribution in [3.63, 3.8) is 0 Å². The molecule has 0 N–H and O–H groups in total. The molecule has 3 heterocycles. The summed E-state index contributed by atoms with van der Waals surface area (Å²) < 4.78 is 11.0. The third-order valence-corrected chi connectivity index (χ3v) is 5.71. The van der Waals surface area contributed by atoms with E-state index in [1.54, 1.807) is 17.9 Å². The van der Waals surface area contributed by atoms with E-state index in [1.165, 1.54) is 0 Å². The monoisotopic (exact) mass is 402 g/mol. The molecule has 4 rings (SSSR count). The van der Waals surface area contributed by atoms with Crippen LogP contribution >= 0.6 is 11.6 Å². The van der Waals surface area contributed by atoms with Crippen LogP contribution in [0.5, 0.6) is 0 Å². The summed E-state index contributed by atoms with van der Waals surface area (Å²) in [6.45, 7) is 4.82. The maximum atomic E-state index is 13.0. The lowest BCUT2D eigenvalue weighted by molar-refractivity contribution is 0.0731. The van der Waals surface area contributed by atoms with Gasteiger partial charge in [0, 0.05) is 32.8 Å². The lowest BCUT2D eigenvalue weighted by Crippen LogP contribution is -2.49. The molecule has 28 heavy (non-hydrogen) atoms. The number of carbonyl (C=O) groups excluding carboxylic acids is 1. The lowest BCUT2D eigenvalue weighted by Gasteiger charge is -2.36. The maximum absolute atomic E-state index is 13.0. The van der Waals surface area contributed by atoms with Crippen LogP contribution in [0.15, 0.2) is 39.5 Å². The highest BCUT2D eigenvalue weighted by Crippen LogP contribution is 2.29. The van der Waals surface area contributed by atoms with Crippen LogP contribution in [0.2, 0.25) is 5.02 Å². The topological polar surface area (TPSA) is 63.0 Å². The van der Waals surface area contributed by atoms with E-state index in [9.17, 15) is 9.59 Å². The molecule has 0 bridgehead atoms. The molecule has 0 aliphatic carbocycles. The number of piperazine rings is 1. The van der Waals surface area contributed by atoms with Gasteiger partial charge in [-0.05, 0) is 43.5 Å². The summed E-state index contributed by atoms with van der Waals surface area (Å²) in [5.74, 6) is 0.240. The zero-order valence-electron chi connectivity index (χ0n) is 15.8. The van der Waals surface area contributed by atoms with Crippen molar-refractivity contribution in [1.29, 1.82) is 0 Å². The number of hydrogen-bond acceptors (Lipinski definition) is 5. The van der Waals surface area contributed by atoms with E-state index >= 15 is 0 Å². The molecule has 1 aromatic heterocycles. The van der Waals surface area contributed by atoms with Crippen LogP contribution in [-0.2, 0) is 4.74 Å². The van der Waals surface area contributed by atoms with Gasteiger partial charge in [-0.3, -0.25) is 4.79 Å². The van der Waals surface area contributed by atoms with Crippen molar-refractivity contribution in [2.45, 2.75) is 25.9 Å². The summed E-state index contributed by atoms with van der Waals surface area (Å²) in [5, 5.41) is 0.698. The van der Waals surface area contributed by atoms with Gasteiger partial charge in [-0.25, -0.2) is 4.79 Å². The summed E-state index contributed by atoms with van der Waals surface area (Å²) in [4.78, 5) is 29.4. The van der Waals surface area contributed by atoms with E-state index in [4.69, 9.17) is 20.8 Å². The van der Waals surface area contributed by atoms with Crippen molar-refractivity contribution in [3.05, 3.63) is 62.7 Å². The molecule has 2 aliphatic rings. The van der Waals surface area contributed by atoms with E-state index in [-0.39, 0.29) is 17.6 Å². The van der Waals surface area contributed by atoms with Gasteiger partial charge in [0.1, 0.15) is 17.4 Å². The molecule has 2 aromatic rings. The van der Waals surface area contributed by atoms with E-state index < -0.39 is 5.63 Å². The normalized spacial score (nSPS) is 19.9. The number of benzene rings is 1. The summed E-state index contributed by atoms with van der Waals surface area (Å²) in [5.41, 5.74) is 1.14. The molecule has 2 aliphatic heterocycles. The SMILES string of the molecule is Cc1cc(C2CCCO2)oc(=O)c1C(=O)N1CCN(c2ccccc2Cl)CC1. The number of anilines is 1.